The molecule has 4 aromatic carbocycles. The van der Waals surface area contributed by atoms with Crippen LogP contribution < -0.4 is 0 Å². The van der Waals surface area contributed by atoms with E-state index in [9.17, 15) is 0 Å². The molecule has 2 heteroatoms. The molecule has 0 aromatic heterocycles. The summed E-state index contributed by atoms with van der Waals surface area (Å²) in [4.78, 5) is 0. The van der Waals surface area contributed by atoms with Gasteiger partial charge in [-0.15, -0.1) is 0 Å². The van der Waals surface area contributed by atoms with E-state index in [1.165, 1.54) is 33.4 Å². The second kappa shape index (κ2) is 6.37. The Morgan fingerprint density at radius 1 is 0.593 bits per heavy atom. The van der Waals surface area contributed by atoms with E-state index in [2.05, 4.69) is 101 Å². The fourth-order valence-corrected chi connectivity index (χ4v) is 5.00. The Labute approximate surface area is 172 Å². The number of benzene rings is 4. The molecule has 0 N–H and O–H groups in total. The van der Waals surface area contributed by atoms with Crippen molar-refractivity contribution < 1.29 is 0 Å². The van der Waals surface area contributed by atoms with Crippen molar-refractivity contribution in [2.45, 2.75) is 5.41 Å². The van der Waals surface area contributed by atoms with Crippen LogP contribution in [0.25, 0.3) is 11.1 Å². The lowest BCUT2D eigenvalue weighted by molar-refractivity contribution is 0.768. The average molecular weight is 432 g/mol. The average Bonchev–Trinajstić information content (AvgIpc) is 2.99. The Kier molecular flexibility index (Phi) is 3.96. The minimum atomic E-state index is -0.387. The molecule has 130 valence electrons. The summed E-state index contributed by atoms with van der Waals surface area (Å²) in [5.41, 5.74) is 7.18. The third kappa shape index (κ3) is 2.42. The smallest absolute Gasteiger partial charge is 0.0714 e. The van der Waals surface area contributed by atoms with E-state index in [4.69, 9.17) is 11.6 Å². The Hall–Kier alpha value is -2.35. The zero-order valence-electron chi connectivity index (χ0n) is 14.5. The van der Waals surface area contributed by atoms with E-state index < -0.39 is 0 Å². The predicted molar refractivity (Wildman–Crippen MR) is 116 cm³/mol. The zero-order valence-corrected chi connectivity index (χ0v) is 16.8. The molecule has 0 bridgehead atoms. The highest BCUT2D eigenvalue weighted by Gasteiger charge is 2.46. The maximum Gasteiger partial charge on any atom is 0.0714 e. The molecule has 1 aliphatic rings. The number of hydrogen-bond acceptors (Lipinski definition) is 0. The van der Waals surface area contributed by atoms with Crippen LogP contribution in [0.3, 0.4) is 0 Å². The molecule has 0 radical (unpaired) electrons. The largest absolute Gasteiger partial charge is 0.0843 e. The van der Waals surface area contributed by atoms with Crippen molar-refractivity contribution in [3.05, 3.63) is 129 Å². The van der Waals surface area contributed by atoms with Gasteiger partial charge in [0, 0.05) is 9.50 Å². The van der Waals surface area contributed by atoms with Gasteiger partial charge in [-0.25, -0.2) is 0 Å². The molecule has 0 heterocycles. The molecule has 4 aromatic rings. The number of hydrogen-bond donors (Lipinski definition) is 0. The van der Waals surface area contributed by atoms with Gasteiger partial charge in [-0.3, -0.25) is 0 Å². The van der Waals surface area contributed by atoms with Gasteiger partial charge in [0.2, 0.25) is 0 Å². The van der Waals surface area contributed by atoms with E-state index in [1.807, 2.05) is 12.1 Å². The van der Waals surface area contributed by atoms with Gasteiger partial charge in [0.15, 0.2) is 0 Å². The summed E-state index contributed by atoms with van der Waals surface area (Å²) in [7, 11) is 0. The Morgan fingerprint density at radius 3 is 2.11 bits per heavy atom. The first-order valence-electron chi connectivity index (χ1n) is 8.93. The van der Waals surface area contributed by atoms with Gasteiger partial charge >= 0.3 is 0 Å². The zero-order chi connectivity index (χ0) is 18.4. The van der Waals surface area contributed by atoms with Gasteiger partial charge < -0.3 is 0 Å². The molecule has 0 fully saturated rings. The van der Waals surface area contributed by atoms with Crippen LogP contribution in [0.1, 0.15) is 22.3 Å². The quantitative estimate of drug-likeness (QED) is 0.272. The van der Waals surface area contributed by atoms with Crippen molar-refractivity contribution in [2.24, 2.45) is 0 Å². The summed E-state index contributed by atoms with van der Waals surface area (Å²) in [5.74, 6) is 0. The van der Waals surface area contributed by atoms with E-state index >= 15 is 0 Å². The third-order valence-electron chi connectivity index (χ3n) is 5.47. The van der Waals surface area contributed by atoms with Crippen LogP contribution in [0.2, 0.25) is 5.02 Å². The van der Waals surface area contributed by atoms with Crippen LogP contribution in [0.5, 0.6) is 0 Å². The van der Waals surface area contributed by atoms with Gasteiger partial charge in [0.25, 0.3) is 0 Å². The van der Waals surface area contributed by atoms with Crippen molar-refractivity contribution in [3.63, 3.8) is 0 Å². The molecule has 1 aliphatic carbocycles. The molecular formula is C25H16BrCl. The van der Waals surface area contributed by atoms with Crippen LogP contribution in [-0.2, 0) is 5.41 Å². The van der Waals surface area contributed by atoms with Crippen molar-refractivity contribution in [1.29, 1.82) is 0 Å². The molecule has 1 unspecified atom stereocenters. The fraction of sp³-hybridized carbons (Fsp3) is 0.0400. The summed E-state index contributed by atoms with van der Waals surface area (Å²) >= 11 is 10.1. The number of halogens is 2. The van der Waals surface area contributed by atoms with Crippen LogP contribution in [0, 0.1) is 0 Å². The Bertz CT molecular complexity index is 1150. The standard InChI is InChI=1S/C25H16BrCl/c26-19-13-14-22-21-11-4-5-12-23(21)25(24(22)16-19,17-7-2-1-3-8-17)18-9-6-10-20(27)15-18/h1-16H. The van der Waals surface area contributed by atoms with E-state index in [-0.39, 0.29) is 5.41 Å². The number of fused-ring (bicyclic) bond motifs is 3. The van der Waals surface area contributed by atoms with Crippen molar-refractivity contribution in [2.75, 3.05) is 0 Å². The Morgan fingerprint density at radius 2 is 1.30 bits per heavy atom. The van der Waals surface area contributed by atoms with Crippen LogP contribution in [0.4, 0.5) is 0 Å². The van der Waals surface area contributed by atoms with Crippen molar-refractivity contribution >= 4 is 27.5 Å². The third-order valence-corrected chi connectivity index (χ3v) is 6.20. The molecule has 0 saturated heterocycles. The molecule has 0 amide bonds. The highest BCUT2D eigenvalue weighted by molar-refractivity contribution is 9.10. The van der Waals surface area contributed by atoms with Crippen molar-refractivity contribution in [1.82, 2.24) is 0 Å². The summed E-state index contributed by atoms with van der Waals surface area (Å²) in [6.07, 6.45) is 0. The maximum absolute atomic E-state index is 6.45. The molecule has 0 saturated carbocycles. The lowest BCUT2D eigenvalue weighted by Crippen LogP contribution is -2.28. The molecule has 1 atom stereocenters. The van der Waals surface area contributed by atoms with Crippen LogP contribution in [-0.4, -0.2) is 0 Å². The second-order valence-corrected chi connectivity index (χ2v) is 8.21. The molecule has 5 rings (SSSR count). The predicted octanol–water partition coefficient (Wildman–Crippen LogP) is 7.47. The Balaban J connectivity index is 1.99. The maximum atomic E-state index is 6.45. The minimum Gasteiger partial charge on any atom is -0.0843 e. The van der Waals surface area contributed by atoms with Crippen molar-refractivity contribution in [3.8, 4) is 11.1 Å². The minimum absolute atomic E-state index is 0.387. The fourth-order valence-electron chi connectivity index (χ4n) is 4.45. The summed E-state index contributed by atoms with van der Waals surface area (Å²) in [6.45, 7) is 0. The monoisotopic (exact) mass is 430 g/mol. The van der Waals surface area contributed by atoms with E-state index in [0.717, 1.165) is 9.50 Å². The van der Waals surface area contributed by atoms with Gasteiger partial charge in [-0.1, -0.05) is 100 Å². The topological polar surface area (TPSA) is 0 Å². The first-order valence-corrected chi connectivity index (χ1v) is 10.1. The summed E-state index contributed by atoms with van der Waals surface area (Å²) in [6, 6.07) is 34.3. The van der Waals surface area contributed by atoms with Gasteiger partial charge in [0.1, 0.15) is 0 Å². The second-order valence-electron chi connectivity index (χ2n) is 6.86. The molecular weight excluding hydrogens is 416 g/mol. The van der Waals surface area contributed by atoms with Gasteiger partial charge in [-0.2, -0.15) is 0 Å². The molecule has 0 nitrogen and oxygen atoms in total. The summed E-state index contributed by atoms with van der Waals surface area (Å²) in [5, 5.41) is 0.753. The van der Waals surface area contributed by atoms with Gasteiger partial charge in [0.05, 0.1) is 5.41 Å². The number of rotatable bonds is 2. The van der Waals surface area contributed by atoms with Gasteiger partial charge in [-0.05, 0) is 57.6 Å². The SMILES string of the molecule is Clc1cccc(C2(c3ccccc3)c3ccccc3-c3ccc(Br)cc32)c1. The van der Waals surface area contributed by atoms with E-state index in [0.29, 0.717) is 0 Å². The first kappa shape index (κ1) is 16.8. The van der Waals surface area contributed by atoms with Crippen LogP contribution >= 0.6 is 27.5 Å². The normalized spacial score (nSPS) is 17.4. The molecule has 27 heavy (non-hydrogen) atoms. The highest BCUT2D eigenvalue weighted by Crippen LogP contribution is 2.56. The molecule has 0 aliphatic heterocycles. The van der Waals surface area contributed by atoms with Crippen LogP contribution in [0.15, 0.2) is 102 Å². The highest BCUT2D eigenvalue weighted by atomic mass is 79.9. The molecule has 0 spiro atoms. The van der Waals surface area contributed by atoms with E-state index in [1.54, 1.807) is 0 Å². The lowest BCUT2D eigenvalue weighted by Gasteiger charge is -2.34. The lowest BCUT2D eigenvalue weighted by atomic mass is 9.68. The first-order chi connectivity index (χ1) is 13.2. The summed E-state index contributed by atoms with van der Waals surface area (Å²) < 4.78 is 1.08.